The van der Waals surface area contributed by atoms with Gasteiger partial charge in [-0.15, -0.1) is 0 Å². The van der Waals surface area contributed by atoms with E-state index >= 15 is 0 Å². The van der Waals surface area contributed by atoms with Gasteiger partial charge < -0.3 is 5.32 Å². The summed E-state index contributed by atoms with van der Waals surface area (Å²) < 4.78 is 0.807. The summed E-state index contributed by atoms with van der Waals surface area (Å²) in [7, 11) is 0. The first-order valence-corrected chi connectivity index (χ1v) is 11.4. The molecule has 0 aliphatic carbocycles. The van der Waals surface area contributed by atoms with Gasteiger partial charge in [-0.3, -0.25) is 9.28 Å². The van der Waals surface area contributed by atoms with Crippen LogP contribution in [-0.2, 0) is 4.79 Å². The lowest BCUT2D eigenvalue weighted by atomic mass is 10.1. The molecule has 156 valence electrons. The van der Waals surface area contributed by atoms with Gasteiger partial charge in [0.2, 0.25) is 11.7 Å². The highest BCUT2D eigenvalue weighted by Crippen LogP contribution is 2.21. The van der Waals surface area contributed by atoms with Crippen molar-refractivity contribution in [3.8, 4) is 0 Å². The van der Waals surface area contributed by atoms with Crippen LogP contribution in [0.4, 0.5) is 0 Å². The Labute approximate surface area is 168 Å². The van der Waals surface area contributed by atoms with E-state index in [-0.39, 0.29) is 12.1 Å². The zero-order valence-electron chi connectivity index (χ0n) is 18.4. The number of allylic oxidation sites excluding steroid dienone is 1. The van der Waals surface area contributed by atoms with Gasteiger partial charge in [0.1, 0.15) is 6.54 Å². The molecule has 0 saturated heterocycles. The minimum Gasteiger partial charge on any atom is -0.307 e. The van der Waals surface area contributed by atoms with Crippen LogP contribution in [0.5, 0.6) is 0 Å². The molecular formula is C23H44N3O+. The van der Waals surface area contributed by atoms with Crippen molar-refractivity contribution in [2.24, 2.45) is 4.99 Å². The SMILES string of the molecule is CCCCCCCCCCC/C=C/CC1=NCC[N+]1(CC)C(C)NC(C)=O. The summed E-state index contributed by atoms with van der Waals surface area (Å²) in [6, 6.07) is 0. The quantitative estimate of drug-likeness (QED) is 0.225. The first kappa shape index (κ1) is 23.9. The van der Waals surface area contributed by atoms with Gasteiger partial charge in [-0.25, -0.2) is 4.99 Å². The summed E-state index contributed by atoms with van der Waals surface area (Å²) in [5, 5.41) is 3.08. The number of carbonyl (C=O) groups excluding carboxylic acids is 1. The largest absolute Gasteiger partial charge is 0.307 e. The van der Waals surface area contributed by atoms with E-state index in [2.05, 4.69) is 38.2 Å². The maximum absolute atomic E-state index is 11.5. The predicted octanol–water partition coefficient (Wildman–Crippen LogP) is 5.58. The molecule has 1 heterocycles. The normalized spacial score (nSPS) is 20.8. The maximum atomic E-state index is 11.5. The Kier molecular flexibility index (Phi) is 12.3. The summed E-state index contributed by atoms with van der Waals surface area (Å²) in [6.07, 6.45) is 19.2. The van der Waals surface area contributed by atoms with Crippen molar-refractivity contribution in [3.05, 3.63) is 12.2 Å². The molecule has 0 aromatic rings. The van der Waals surface area contributed by atoms with Gasteiger partial charge in [0.05, 0.1) is 19.5 Å². The Balaban J connectivity index is 2.22. The molecule has 2 unspecified atom stereocenters. The second-order valence-corrected chi connectivity index (χ2v) is 8.04. The Bertz CT molecular complexity index is 472. The maximum Gasteiger partial charge on any atom is 0.221 e. The molecule has 4 heteroatoms. The van der Waals surface area contributed by atoms with E-state index in [1.165, 1.54) is 70.0 Å². The molecule has 1 N–H and O–H groups in total. The lowest BCUT2D eigenvalue weighted by molar-refractivity contribution is -0.861. The molecule has 2 atom stereocenters. The van der Waals surface area contributed by atoms with Crippen molar-refractivity contribution in [1.29, 1.82) is 0 Å². The molecule has 0 radical (unpaired) electrons. The van der Waals surface area contributed by atoms with Crippen molar-refractivity contribution in [2.75, 3.05) is 19.6 Å². The van der Waals surface area contributed by atoms with Crippen LogP contribution in [0.2, 0.25) is 0 Å². The van der Waals surface area contributed by atoms with Crippen molar-refractivity contribution < 1.29 is 9.28 Å². The first-order valence-electron chi connectivity index (χ1n) is 11.4. The third-order valence-corrected chi connectivity index (χ3v) is 5.97. The van der Waals surface area contributed by atoms with Crippen LogP contribution in [0.1, 0.15) is 98.3 Å². The number of nitrogens with zero attached hydrogens (tertiary/aromatic N) is 2. The van der Waals surface area contributed by atoms with Crippen LogP contribution in [0.3, 0.4) is 0 Å². The van der Waals surface area contributed by atoms with Crippen molar-refractivity contribution in [1.82, 2.24) is 5.32 Å². The lowest BCUT2D eigenvalue weighted by Gasteiger charge is -2.39. The van der Waals surface area contributed by atoms with Gasteiger partial charge in [-0.2, -0.15) is 0 Å². The third-order valence-electron chi connectivity index (χ3n) is 5.97. The average Bonchev–Trinajstić information content (AvgIpc) is 3.06. The number of quaternary nitrogens is 1. The number of likely N-dealkylation sites (N-methyl/N-ethyl adjacent to an activating group) is 1. The number of unbranched alkanes of at least 4 members (excludes halogenated alkanes) is 9. The van der Waals surface area contributed by atoms with E-state index in [9.17, 15) is 4.79 Å². The Hall–Kier alpha value is -1.16. The van der Waals surface area contributed by atoms with E-state index in [4.69, 9.17) is 4.99 Å². The minimum absolute atomic E-state index is 0.0422. The average molecular weight is 379 g/mol. The molecule has 1 amide bonds. The Morgan fingerprint density at radius 2 is 1.70 bits per heavy atom. The molecule has 1 aliphatic heterocycles. The van der Waals surface area contributed by atoms with E-state index < -0.39 is 0 Å². The van der Waals surface area contributed by atoms with E-state index in [1.807, 2.05) is 0 Å². The smallest absolute Gasteiger partial charge is 0.221 e. The first-order chi connectivity index (χ1) is 13.1. The predicted molar refractivity (Wildman–Crippen MR) is 117 cm³/mol. The summed E-state index contributed by atoms with van der Waals surface area (Å²) in [5.74, 6) is 1.27. The molecule has 27 heavy (non-hydrogen) atoms. The molecule has 4 nitrogen and oxygen atoms in total. The second kappa shape index (κ2) is 13.9. The van der Waals surface area contributed by atoms with Gasteiger partial charge in [-0.1, -0.05) is 70.4 Å². The fraction of sp³-hybridized carbons (Fsp3) is 0.826. The number of hydrogen-bond donors (Lipinski definition) is 1. The Morgan fingerprint density at radius 3 is 2.30 bits per heavy atom. The molecule has 0 fully saturated rings. The fourth-order valence-electron chi connectivity index (χ4n) is 4.20. The summed E-state index contributed by atoms with van der Waals surface area (Å²) in [4.78, 5) is 16.2. The number of amidine groups is 1. The summed E-state index contributed by atoms with van der Waals surface area (Å²) in [5.41, 5.74) is 0. The molecule has 0 aromatic carbocycles. The number of nitrogens with one attached hydrogen (secondary N) is 1. The standard InChI is InChI=1S/C23H43N3O/c1-5-7-8-9-10-11-12-13-14-15-16-17-18-23-24-19-20-26(23,6-2)21(3)25-22(4)27/h16-17,21H,5-15,18-20H2,1-4H3/p+1/b17-16+. The Morgan fingerprint density at radius 1 is 1.07 bits per heavy atom. The van der Waals surface area contributed by atoms with Crippen LogP contribution < -0.4 is 5.32 Å². The molecule has 1 rings (SSSR count). The highest BCUT2D eigenvalue weighted by Gasteiger charge is 2.41. The van der Waals surface area contributed by atoms with Gasteiger partial charge in [0, 0.05) is 13.8 Å². The zero-order valence-corrected chi connectivity index (χ0v) is 18.4. The molecule has 0 bridgehead atoms. The molecular weight excluding hydrogens is 334 g/mol. The number of carbonyl (C=O) groups is 1. The molecule has 0 aromatic heterocycles. The van der Waals surface area contributed by atoms with Gasteiger partial charge >= 0.3 is 0 Å². The number of amides is 1. The number of aliphatic imine (C=N–C) groups is 1. The van der Waals surface area contributed by atoms with E-state index in [0.717, 1.165) is 30.5 Å². The van der Waals surface area contributed by atoms with Crippen molar-refractivity contribution in [3.63, 3.8) is 0 Å². The minimum atomic E-state index is 0.0422. The van der Waals surface area contributed by atoms with E-state index in [1.54, 1.807) is 6.92 Å². The van der Waals surface area contributed by atoms with Crippen molar-refractivity contribution >= 4 is 11.7 Å². The monoisotopic (exact) mass is 378 g/mol. The third kappa shape index (κ3) is 8.59. The molecule has 1 aliphatic rings. The lowest BCUT2D eigenvalue weighted by Crippen LogP contribution is -2.62. The van der Waals surface area contributed by atoms with E-state index in [0.29, 0.717) is 0 Å². The van der Waals surface area contributed by atoms with Gasteiger partial charge in [0.25, 0.3) is 0 Å². The molecule has 0 saturated carbocycles. The van der Waals surface area contributed by atoms with Gasteiger partial charge in [0.15, 0.2) is 6.17 Å². The summed E-state index contributed by atoms with van der Waals surface area (Å²) >= 11 is 0. The highest BCUT2D eigenvalue weighted by molar-refractivity contribution is 5.79. The number of rotatable bonds is 15. The topological polar surface area (TPSA) is 41.5 Å². The van der Waals surface area contributed by atoms with Crippen molar-refractivity contribution in [2.45, 2.75) is 104 Å². The van der Waals surface area contributed by atoms with Crippen LogP contribution in [0.15, 0.2) is 17.1 Å². The number of hydrogen-bond acceptors (Lipinski definition) is 2. The molecule has 0 spiro atoms. The van der Waals surface area contributed by atoms with Crippen LogP contribution >= 0.6 is 0 Å². The van der Waals surface area contributed by atoms with Crippen LogP contribution in [0, 0.1) is 0 Å². The second-order valence-electron chi connectivity index (χ2n) is 8.04. The highest BCUT2D eigenvalue weighted by atomic mass is 16.1. The summed E-state index contributed by atoms with van der Waals surface area (Å²) in [6.45, 7) is 11.0. The van der Waals surface area contributed by atoms with Gasteiger partial charge in [-0.05, 0) is 19.8 Å². The van der Waals surface area contributed by atoms with Crippen LogP contribution in [0.25, 0.3) is 0 Å². The zero-order chi connectivity index (χ0) is 20.0. The fourth-order valence-corrected chi connectivity index (χ4v) is 4.20. The van der Waals surface area contributed by atoms with Crippen LogP contribution in [-0.4, -0.2) is 42.0 Å².